The number of carbonyl (C=O) groups excluding carboxylic acids is 1. The van der Waals surface area contributed by atoms with Crippen LogP contribution in [0.15, 0.2) is 67.0 Å². The number of benzene rings is 2. The number of pyridine rings is 1. The first kappa shape index (κ1) is 28.5. The van der Waals surface area contributed by atoms with Gasteiger partial charge in [0.25, 0.3) is 5.91 Å². The predicted octanol–water partition coefficient (Wildman–Crippen LogP) is 6.13. The van der Waals surface area contributed by atoms with Gasteiger partial charge in [-0.1, -0.05) is 32.3 Å². The monoisotopic (exact) mass is 557 g/mol. The number of hydrogen-bond donors (Lipinski definition) is 2. The largest absolute Gasteiger partial charge is 0.489 e. The summed E-state index contributed by atoms with van der Waals surface area (Å²) in [5, 5.41) is 12.7. The van der Waals surface area contributed by atoms with E-state index in [1.165, 1.54) is 24.2 Å². The van der Waals surface area contributed by atoms with Gasteiger partial charge in [-0.15, -0.1) is 0 Å². The number of rotatable bonds is 11. The van der Waals surface area contributed by atoms with E-state index in [-0.39, 0.29) is 36.9 Å². The molecule has 3 atom stereocenters. The van der Waals surface area contributed by atoms with Crippen LogP contribution in [0, 0.1) is 5.92 Å². The highest BCUT2D eigenvalue weighted by molar-refractivity contribution is 5.94. The lowest BCUT2D eigenvalue weighted by Crippen LogP contribution is -2.44. The number of amides is 1. The summed E-state index contributed by atoms with van der Waals surface area (Å²) in [6.45, 7) is 2.87. The zero-order valence-corrected chi connectivity index (χ0v) is 23.8. The number of aliphatic carboxylic acids is 1. The minimum Gasteiger partial charge on any atom is -0.489 e. The highest BCUT2D eigenvalue weighted by Gasteiger charge is 2.41. The van der Waals surface area contributed by atoms with Gasteiger partial charge in [0.1, 0.15) is 24.2 Å². The van der Waals surface area contributed by atoms with Crippen molar-refractivity contribution in [1.29, 1.82) is 0 Å². The van der Waals surface area contributed by atoms with Crippen LogP contribution < -0.4 is 14.8 Å². The number of nitrogens with zero attached hydrogens (tertiary/aromatic N) is 2. The minimum absolute atomic E-state index is 0.0369. The van der Waals surface area contributed by atoms with E-state index in [0.29, 0.717) is 18.1 Å². The van der Waals surface area contributed by atoms with Crippen molar-refractivity contribution in [3.8, 4) is 11.5 Å². The Morgan fingerprint density at radius 3 is 2.61 bits per heavy atom. The topological polar surface area (TPSA) is 101 Å². The van der Waals surface area contributed by atoms with E-state index in [1.807, 2.05) is 42.6 Å². The maximum atomic E-state index is 12.7. The summed E-state index contributed by atoms with van der Waals surface area (Å²) in [7, 11) is 1.63. The fraction of sp³-hybridized carbons (Fsp3) is 0.424. The number of hydrogen-bond acceptors (Lipinski definition) is 6. The Labute approximate surface area is 241 Å². The maximum absolute atomic E-state index is 12.7. The molecule has 2 N–H and O–H groups in total. The molecule has 41 heavy (non-hydrogen) atoms. The Hall–Kier alpha value is -4.07. The summed E-state index contributed by atoms with van der Waals surface area (Å²) in [6, 6.07) is 17.6. The Bertz CT molecular complexity index is 1320. The summed E-state index contributed by atoms with van der Waals surface area (Å²) < 4.78 is 12.7. The van der Waals surface area contributed by atoms with Crippen molar-refractivity contribution in [3.05, 3.63) is 83.7 Å². The first-order valence-corrected chi connectivity index (χ1v) is 14.5. The molecule has 1 saturated carbocycles. The van der Waals surface area contributed by atoms with E-state index in [1.54, 1.807) is 25.4 Å². The average molecular weight is 558 g/mol. The quantitative estimate of drug-likeness (QED) is 0.292. The SMILES string of the molecule is CC1c2cc(OCc3cccnc3)ccc2OC1C(Nc1ccc(C(=O)N(C)CCC(=O)O)cc1)C1CCCCC1. The first-order chi connectivity index (χ1) is 19.9. The summed E-state index contributed by atoms with van der Waals surface area (Å²) in [5.74, 6) is 1.28. The van der Waals surface area contributed by atoms with Crippen molar-refractivity contribution in [3.63, 3.8) is 0 Å². The van der Waals surface area contributed by atoms with Crippen molar-refractivity contribution in [2.45, 2.75) is 70.1 Å². The van der Waals surface area contributed by atoms with E-state index in [9.17, 15) is 9.59 Å². The Morgan fingerprint density at radius 1 is 1.12 bits per heavy atom. The standard InChI is InChI=1S/C33H39N3O5/c1-22-28-19-27(40-21-23-7-6-17-34-20-23)14-15-29(28)41-32(22)31(24-8-4-3-5-9-24)35-26-12-10-25(11-13-26)33(39)36(2)18-16-30(37)38/h6-7,10-15,17,19-20,22,24,31-32,35H,3-5,8-9,16,18,21H2,1-2H3,(H,37,38). The molecule has 2 aromatic carbocycles. The van der Waals surface area contributed by atoms with Gasteiger partial charge in [-0.05, 0) is 67.3 Å². The molecule has 8 nitrogen and oxygen atoms in total. The van der Waals surface area contributed by atoms with E-state index < -0.39 is 5.97 Å². The lowest BCUT2D eigenvalue weighted by atomic mass is 9.78. The summed E-state index contributed by atoms with van der Waals surface area (Å²) in [5.41, 5.74) is 3.66. The molecular weight excluding hydrogens is 518 g/mol. The Morgan fingerprint density at radius 2 is 1.90 bits per heavy atom. The van der Waals surface area contributed by atoms with Gasteiger partial charge < -0.3 is 24.8 Å². The van der Waals surface area contributed by atoms with Crippen LogP contribution >= 0.6 is 0 Å². The Balaban J connectivity index is 1.29. The molecule has 216 valence electrons. The third-order valence-electron chi connectivity index (χ3n) is 8.34. The molecule has 2 aliphatic rings. The highest BCUT2D eigenvalue weighted by Crippen LogP contribution is 2.44. The van der Waals surface area contributed by atoms with E-state index in [0.717, 1.165) is 41.2 Å². The van der Waals surface area contributed by atoms with Crippen LogP contribution in [-0.4, -0.2) is 52.6 Å². The molecule has 1 fully saturated rings. The van der Waals surface area contributed by atoms with E-state index in [4.69, 9.17) is 14.6 Å². The van der Waals surface area contributed by atoms with Crippen LogP contribution in [0.5, 0.6) is 11.5 Å². The minimum atomic E-state index is -0.919. The van der Waals surface area contributed by atoms with Gasteiger partial charge in [-0.25, -0.2) is 0 Å². The predicted molar refractivity (Wildman–Crippen MR) is 157 cm³/mol. The smallest absolute Gasteiger partial charge is 0.305 e. The van der Waals surface area contributed by atoms with Crippen molar-refractivity contribution in [2.24, 2.45) is 5.92 Å². The number of carboxylic acids is 1. The molecule has 5 rings (SSSR count). The van der Waals surface area contributed by atoms with Gasteiger partial charge in [-0.2, -0.15) is 0 Å². The van der Waals surface area contributed by atoms with Crippen LogP contribution in [0.25, 0.3) is 0 Å². The van der Waals surface area contributed by atoms with Crippen LogP contribution in [-0.2, 0) is 11.4 Å². The fourth-order valence-corrected chi connectivity index (χ4v) is 5.99. The number of carboxylic acid groups (broad SMARTS) is 1. The summed E-state index contributed by atoms with van der Waals surface area (Å²) >= 11 is 0. The first-order valence-electron chi connectivity index (χ1n) is 14.5. The second kappa shape index (κ2) is 13.1. The number of anilines is 1. The molecule has 1 aliphatic heterocycles. The van der Waals surface area contributed by atoms with E-state index in [2.05, 4.69) is 23.3 Å². The van der Waals surface area contributed by atoms with Crippen LogP contribution in [0.3, 0.4) is 0 Å². The van der Waals surface area contributed by atoms with Crippen LogP contribution in [0.4, 0.5) is 5.69 Å². The number of carbonyl (C=O) groups is 2. The molecule has 1 aliphatic carbocycles. The molecule has 2 heterocycles. The zero-order valence-electron chi connectivity index (χ0n) is 23.8. The van der Waals surface area contributed by atoms with Gasteiger partial charge in [0.15, 0.2) is 0 Å². The molecule has 0 bridgehead atoms. The lowest BCUT2D eigenvalue weighted by molar-refractivity contribution is -0.137. The van der Waals surface area contributed by atoms with Gasteiger partial charge in [-0.3, -0.25) is 14.6 Å². The molecule has 0 spiro atoms. The number of fused-ring (bicyclic) bond motifs is 1. The van der Waals surface area contributed by atoms with E-state index >= 15 is 0 Å². The summed E-state index contributed by atoms with van der Waals surface area (Å²) in [4.78, 5) is 29.2. The third kappa shape index (κ3) is 6.99. The number of aromatic nitrogens is 1. The van der Waals surface area contributed by atoms with Crippen LogP contribution in [0.1, 0.15) is 72.9 Å². The van der Waals surface area contributed by atoms with Crippen molar-refractivity contribution < 1.29 is 24.2 Å². The van der Waals surface area contributed by atoms with Gasteiger partial charge in [0.2, 0.25) is 0 Å². The third-order valence-corrected chi connectivity index (χ3v) is 8.34. The normalized spacial score (nSPS) is 19.1. The van der Waals surface area contributed by atoms with Gasteiger partial charge >= 0.3 is 5.97 Å². The molecule has 1 aromatic heterocycles. The molecule has 1 amide bonds. The maximum Gasteiger partial charge on any atom is 0.305 e. The summed E-state index contributed by atoms with van der Waals surface area (Å²) in [6.07, 6.45) is 9.49. The van der Waals surface area contributed by atoms with Crippen LogP contribution in [0.2, 0.25) is 0 Å². The highest BCUT2D eigenvalue weighted by atomic mass is 16.5. The average Bonchev–Trinajstić information content (AvgIpc) is 3.33. The fourth-order valence-electron chi connectivity index (χ4n) is 5.99. The Kier molecular flexibility index (Phi) is 9.07. The number of ether oxygens (including phenoxy) is 2. The zero-order chi connectivity index (χ0) is 28.8. The van der Waals surface area contributed by atoms with Crippen molar-refractivity contribution in [2.75, 3.05) is 18.9 Å². The molecular formula is C33H39N3O5. The molecule has 3 aromatic rings. The second-order valence-corrected chi connectivity index (χ2v) is 11.2. The van der Waals surface area contributed by atoms with Gasteiger partial charge in [0, 0.05) is 54.3 Å². The van der Waals surface area contributed by atoms with Gasteiger partial charge in [0.05, 0.1) is 12.5 Å². The van der Waals surface area contributed by atoms with Crippen molar-refractivity contribution in [1.82, 2.24) is 9.88 Å². The molecule has 3 unspecified atom stereocenters. The number of nitrogens with one attached hydrogen (secondary N) is 1. The second-order valence-electron chi connectivity index (χ2n) is 11.2. The molecule has 0 saturated heterocycles. The van der Waals surface area contributed by atoms with Crippen molar-refractivity contribution >= 4 is 17.6 Å². The molecule has 8 heteroatoms. The lowest BCUT2D eigenvalue weighted by Gasteiger charge is -2.36. The molecule has 0 radical (unpaired) electrons.